The average molecular weight is 209 g/mol. The van der Waals surface area contributed by atoms with E-state index in [0.29, 0.717) is 31.5 Å². The van der Waals surface area contributed by atoms with E-state index in [-0.39, 0.29) is 5.91 Å². The zero-order chi connectivity index (χ0) is 10.9. The zero-order valence-electron chi connectivity index (χ0n) is 8.73. The average Bonchev–Trinajstić information content (AvgIpc) is 2.69. The molecule has 0 atom stereocenters. The Bertz CT molecular complexity index is 336. The molecule has 5 nitrogen and oxygen atoms in total. The number of hydrogen-bond acceptors (Lipinski definition) is 3. The van der Waals surface area contributed by atoms with Gasteiger partial charge in [-0.3, -0.25) is 9.89 Å². The van der Waals surface area contributed by atoms with Crippen LogP contribution >= 0.6 is 0 Å². The number of aromatic nitrogens is 2. The van der Waals surface area contributed by atoms with Crippen molar-refractivity contribution in [3.05, 3.63) is 18.0 Å². The summed E-state index contributed by atoms with van der Waals surface area (Å²) in [7, 11) is 0. The molecule has 1 aromatic rings. The Kier molecular flexibility index (Phi) is 2.48. The summed E-state index contributed by atoms with van der Waals surface area (Å²) in [6.45, 7) is 3.03. The maximum Gasteiger partial charge on any atom is 0.257 e. The summed E-state index contributed by atoms with van der Waals surface area (Å²) in [4.78, 5) is 13.6. The number of aromatic amines is 1. The number of piperidine rings is 1. The molecule has 0 unspecified atom stereocenters. The molecule has 2 N–H and O–H groups in total. The molecule has 0 spiro atoms. The van der Waals surface area contributed by atoms with Crippen molar-refractivity contribution in [3.63, 3.8) is 0 Å². The Morgan fingerprint density at radius 2 is 2.27 bits per heavy atom. The van der Waals surface area contributed by atoms with E-state index in [9.17, 15) is 9.90 Å². The predicted molar refractivity (Wildman–Crippen MR) is 54.3 cm³/mol. The summed E-state index contributed by atoms with van der Waals surface area (Å²) in [5, 5.41) is 16.1. The number of carbonyl (C=O) groups is 1. The maximum absolute atomic E-state index is 11.9. The Morgan fingerprint density at radius 1 is 1.60 bits per heavy atom. The number of H-pyrrole nitrogens is 1. The number of hydrogen-bond donors (Lipinski definition) is 2. The molecule has 1 fully saturated rings. The molecular formula is C10H15N3O2. The van der Waals surface area contributed by atoms with Gasteiger partial charge in [-0.1, -0.05) is 0 Å². The number of carbonyl (C=O) groups excluding carboxylic acids is 1. The van der Waals surface area contributed by atoms with Crippen molar-refractivity contribution in [2.75, 3.05) is 13.1 Å². The highest BCUT2D eigenvalue weighted by atomic mass is 16.3. The second-order valence-corrected chi connectivity index (χ2v) is 4.28. The highest BCUT2D eigenvalue weighted by molar-refractivity contribution is 5.93. The van der Waals surface area contributed by atoms with Crippen LogP contribution in [0.25, 0.3) is 0 Å². The molecule has 0 aromatic carbocycles. The SMILES string of the molecule is CC1(O)CCN(C(=O)c2cn[nH]c2)CC1. The van der Waals surface area contributed by atoms with Crippen molar-refractivity contribution < 1.29 is 9.90 Å². The zero-order valence-corrected chi connectivity index (χ0v) is 8.73. The first kappa shape index (κ1) is 10.2. The first-order valence-corrected chi connectivity index (χ1v) is 5.09. The lowest BCUT2D eigenvalue weighted by molar-refractivity contribution is -0.00202. The summed E-state index contributed by atoms with van der Waals surface area (Å²) in [5.41, 5.74) is -0.0377. The quantitative estimate of drug-likeness (QED) is 0.703. The molecule has 0 saturated carbocycles. The topological polar surface area (TPSA) is 69.2 Å². The van der Waals surface area contributed by atoms with Gasteiger partial charge in [0, 0.05) is 19.3 Å². The molecule has 0 radical (unpaired) electrons. The van der Waals surface area contributed by atoms with Gasteiger partial charge in [0.1, 0.15) is 0 Å². The number of rotatable bonds is 1. The number of nitrogens with zero attached hydrogens (tertiary/aromatic N) is 2. The fourth-order valence-electron chi connectivity index (χ4n) is 1.74. The molecule has 0 bridgehead atoms. The van der Waals surface area contributed by atoms with Gasteiger partial charge in [0.05, 0.1) is 17.4 Å². The van der Waals surface area contributed by atoms with Gasteiger partial charge in [-0.2, -0.15) is 5.10 Å². The normalized spacial score (nSPS) is 20.3. The molecule has 0 aliphatic carbocycles. The van der Waals surface area contributed by atoms with Crippen LogP contribution in [0, 0.1) is 0 Å². The van der Waals surface area contributed by atoms with E-state index in [4.69, 9.17) is 0 Å². The van der Waals surface area contributed by atoms with Crippen LogP contribution < -0.4 is 0 Å². The van der Waals surface area contributed by atoms with E-state index in [1.165, 1.54) is 6.20 Å². The molecule has 1 saturated heterocycles. The third kappa shape index (κ3) is 2.18. The van der Waals surface area contributed by atoms with Gasteiger partial charge in [0.15, 0.2) is 0 Å². The van der Waals surface area contributed by atoms with Gasteiger partial charge >= 0.3 is 0 Å². The van der Waals surface area contributed by atoms with Crippen molar-refractivity contribution >= 4 is 5.91 Å². The van der Waals surface area contributed by atoms with E-state index < -0.39 is 5.60 Å². The molecule has 15 heavy (non-hydrogen) atoms. The Hall–Kier alpha value is -1.36. The molecule has 1 aliphatic rings. The standard InChI is InChI=1S/C10H15N3O2/c1-10(15)2-4-13(5-3-10)9(14)8-6-11-12-7-8/h6-7,15H,2-5H2,1H3,(H,11,12). The molecule has 5 heteroatoms. The molecule has 1 amide bonds. The second kappa shape index (κ2) is 3.66. The van der Waals surface area contributed by atoms with Crippen molar-refractivity contribution in [2.24, 2.45) is 0 Å². The summed E-state index contributed by atoms with van der Waals surface area (Å²) < 4.78 is 0. The van der Waals surface area contributed by atoms with Crippen LogP contribution in [0.1, 0.15) is 30.1 Å². The minimum absolute atomic E-state index is 0.0146. The number of amides is 1. The lowest BCUT2D eigenvalue weighted by Crippen LogP contribution is -2.45. The van der Waals surface area contributed by atoms with Crippen LogP contribution in [0.3, 0.4) is 0 Å². The van der Waals surface area contributed by atoms with Gasteiger partial charge in [-0.15, -0.1) is 0 Å². The summed E-state index contributed by atoms with van der Waals surface area (Å²) in [6, 6.07) is 0. The monoisotopic (exact) mass is 209 g/mol. The van der Waals surface area contributed by atoms with E-state index >= 15 is 0 Å². The molecule has 2 rings (SSSR count). The highest BCUT2D eigenvalue weighted by Gasteiger charge is 2.30. The minimum Gasteiger partial charge on any atom is -0.390 e. The van der Waals surface area contributed by atoms with Gasteiger partial charge in [0.25, 0.3) is 5.91 Å². The van der Waals surface area contributed by atoms with E-state index in [1.807, 2.05) is 6.92 Å². The number of likely N-dealkylation sites (tertiary alicyclic amines) is 1. The van der Waals surface area contributed by atoms with Crippen molar-refractivity contribution in [2.45, 2.75) is 25.4 Å². The highest BCUT2D eigenvalue weighted by Crippen LogP contribution is 2.22. The number of nitrogens with one attached hydrogen (secondary N) is 1. The van der Waals surface area contributed by atoms with Gasteiger partial charge in [0.2, 0.25) is 0 Å². The van der Waals surface area contributed by atoms with Crippen LogP contribution in [0.4, 0.5) is 0 Å². The minimum atomic E-state index is -0.618. The molecule has 1 aromatic heterocycles. The van der Waals surface area contributed by atoms with Gasteiger partial charge < -0.3 is 10.0 Å². The predicted octanol–water partition coefficient (Wildman–Crippen LogP) is 0.397. The van der Waals surface area contributed by atoms with Crippen LogP contribution in [0.15, 0.2) is 12.4 Å². The molecule has 1 aliphatic heterocycles. The van der Waals surface area contributed by atoms with Crippen LogP contribution in [-0.2, 0) is 0 Å². The van der Waals surface area contributed by atoms with Gasteiger partial charge in [-0.05, 0) is 19.8 Å². The summed E-state index contributed by atoms with van der Waals surface area (Å²) in [6.07, 6.45) is 4.39. The summed E-state index contributed by atoms with van der Waals surface area (Å²) in [5.74, 6) is -0.0146. The van der Waals surface area contributed by atoms with Crippen molar-refractivity contribution in [3.8, 4) is 0 Å². The van der Waals surface area contributed by atoms with E-state index in [0.717, 1.165) is 0 Å². The number of aliphatic hydroxyl groups is 1. The third-order valence-electron chi connectivity index (χ3n) is 2.87. The maximum atomic E-state index is 11.9. The Morgan fingerprint density at radius 3 is 2.80 bits per heavy atom. The summed E-state index contributed by atoms with van der Waals surface area (Å²) >= 11 is 0. The molecule has 82 valence electrons. The fourth-order valence-corrected chi connectivity index (χ4v) is 1.74. The van der Waals surface area contributed by atoms with Crippen LogP contribution in [0.5, 0.6) is 0 Å². The first-order chi connectivity index (χ1) is 7.08. The first-order valence-electron chi connectivity index (χ1n) is 5.09. The van der Waals surface area contributed by atoms with Crippen LogP contribution in [-0.4, -0.2) is 44.8 Å². The smallest absolute Gasteiger partial charge is 0.257 e. The van der Waals surface area contributed by atoms with Crippen molar-refractivity contribution in [1.29, 1.82) is 0 Å². The molecule has 2 heterocycles. The fraction of sp³-hybridized carbons (Fsp3) is 0.600. The van der Waals surface area contributed by atoms with Gasteiger partial charge in [-0.25, -0.2) is 0 Å². The van der Waals surface area contributed by atoms with Crippen molar-refractivity contribution in [1.82, 2.24) is 15.1 Å². The lowest BCUT2D eigenvalue weighted by atomic mass is 9.93. The largest absolute Gasteiger partial charge is 0.390 e. The molecular weight excluding hydrogens is 194 g/mol. The van der Waals surface area contributed by atoms with E-state index in [2.05, 4.69) is 10.2 Å². The van der Waals surface area contributed by atoms with E-state index in [1.54, 1.807) is 11.1 Å². The third-order valence-corrected chi connectivity index (χ3v) is 2.87. The Balaban J connectivity index is 2.00. The second-order valence-electron chi connectivity index (χ2n) is 4.28. The Labute approximate surface area is 88.1 Å². The van der Waals surface area contributed by atoms with Crippen LogP contribution in [0.2, 0.25) is 0 Å². The lowest BCUT2D eigenvalue weighted by Gasteiger charge is -2.35.